The molecule has 0 saturated heterocycles. The minimum Gasteiger partial charge on any atom is -0.481 e. The number of pyridine rings is 1. The summed E-state index contributed by atoms with van der Waals surface area (Å²) in [5, 5.41) is 24.1. The Bertz CT molecular complexity index is 742. The van der Waals surface area contributed by atoms with E-state index in [0.717, 1.165) is 18.2 Å². The molecule has 0 bridgehead atoms. The molecule has 0 aliphatic heterocycles. The van der Waals surface area contributed by atoms with Crippen LogP contribution in [0.3, 0.4) is 0 Å². The highest BCUT2D eigenvalue weighted by molar-refractivity contribution is 6.05. The highest BCUT2D eigenvalue weighted by Gasteiger charge is 2.20. The second-order valence-electron chi connectivity index (χ2n) is 4.30. The van der Waals surface area contributed by atoms with Gasteiger partial charge >= 0.3 is 0 Å². The summed E-state index contributed by atoms with van der Waals surface area (Å²) >= 11 is 0. The lowest BCUT2D eigenvalue weighted by Crippen LogP contribution is -2.13. The van der Waals surface area contributed by atoms with E-state index in [1.807, 2.05) is 0 Å². The highest BCUT2D eigenvalue weighted by Crippen LogP contribution is 2.23. The maximum Gasteiger partial charge on any atom is 0.277 e. The summed E-state index contributed by atoms with van der Waals surface area (Å²) in [6, 6.07) is 5.71. The summed E-state index contributed by atoms with van der Waals surface area (Å²) < 4.78 is 4.87. The third-order valence-corrected chi connectivity index (χ3v) is 2.79. The van der Waals surface area contributed by atoms with Crippen molar-refractivity contribution in [3.05, 3.63) is 62.3 Å². The molecule has 10 nitrogen and oxygen atoms in total. The van der Waals surface area contributed by atoms with E-state index in [9.17, 15) is 25.0 Å². The molecule has 0 spiro atoms. The average molecular weight is 318 g/mol. The molecule has 1 aromatic carbocycles. The topological polar surface area (TPSA) is 138 Å². The van der Waals surface area contributed by atoms with E-state index in [1.54, 1.807) is 0 Å². The number of nitrogens with zero attached hydrogens (tertiary/aromatic N) is 3. The van der Waals surface area contributed by atoms with Gasteiger partial charge in [-0.15, -0.1) is 0 Å². The number of ether oxygens (including phenoxy) is 1. The van der Waals surface area contributed by atoms with Crippen LogP contribution in [0.25, 0.3) is 0 Å². The van der Waals surface area contributed by atoms with Crippen LogP contribution in [0.1, 0.15) is 10.4 Å². The van der Waals surface area contributed by atoms with Crippen LogP contribution in [-0.2, 0) is 0 Å². The molecule has 0 unspecified atom stereocenters. The zero-order valence-electron chi connectivity index (χ0n) is 11.8. The monoisotopic (exact) mass is 318 g/mol. The number of carbonyl (C=O) groups is 1. The van der Waals surface area contributed by atoms with Gasteiger partial charge in [-0.3, -0.25) is 25.0 Å². The zero-order chi connectivity index (χ0) is 17.0. The first-order valence-electron chi connectivity index (χ1n) is 6.16. The molecule has 118 valence electrons. The number of nitro groups is 2. The molecular weight excluding hydrogens is 308 g/mol. The lowest BCUT2D eigenvalue weighted by molar-refractivity contribution is -0.394. The minimum absolute atomic E-state index is 0.207. The van der Waals surface area contributed by atoms with Crippen molar-refractivity contribution in [3.8, 4) is 5.88 Å². The Balaban J connectivity index is 2.30. The second kappa shape index (κ2) is 6.47. The Labute approximate surface area is 129 Å². The van der Waals surface area contributed by atoms with E-state index in [2.05, 4.69) is 10.3 Å². The number of aromatic nitrogens is 1. The predicted octanol–water partition coefficient (Wildman–Crippen LogP) is 2.16. The van der Waals surface area contributed by atoms with E-state index in [1.165, 1.54) is 25.4 Å². The van der Waals surface area contributed by atoms with Gasteiger partial charge in [0, 0.05) is 18.2 Å². The lowest BCUT2D eigenvalue weighted by Gasteiger charge is -2.06. The second-order valence-corrected chi connectivity index (χ2v) is 4.30. The summed E-state index contributed by atoms with van der Waals surface area (Å²) in [5.41, 5.74) is -0.985. The summed E-state index contributed by atoms with van der Waals surface area (Å²) in [6.07, 6.45) is 1.32. The van der Waals surface area contributed by atoms with Crippen LogP contribution < -0.4 is 10.1 Å². The van der Waals surface area contributed by atoms with Gasteiger partial charge in [0.15, 0.2) is 0 Å². The van der Waals surface area contributed by atoms with Crippen molar-refractivity contribution in [3.63, 3.8) is 0 Å². The lowest BCUT2D eigenvalue weighted by atomic mass is 10.1. The fraction of sp³-hybridized carbons (Fsp3) is 0.0769. The van der Waals surface area contributed by atoms with Crippen molar-refractivity contribution in [2.45, 2.75) is 0 Å². The van der Waals surface area contributed by atoms with Gasteiger partial charge in [0.2, 0.25) is 5.88 Å². The molecule has 0 fully saturated rings. The van der Waals surface area contributed by atoms with E-state index >= 15 is 0 Å². The van der Waals surface area contributed by atoms with Crippen molar-refractivity contribution in [1.82, 2.24) is 4.98 Å². The van der Waals surface area contributed by atoms with Gasteiger partial charge in [0.1, 0.15) is 0 Å². The molecule has 1 amide bonds. The largest absolute Gasteiger partial charge is 0.481 e. The molecule has 2 rings (SSSR count). The van der Waals surface area contributed by atoms with E-state index in [4.69, 9.17) is 4.74 Å². The van der Waals surface area contributed by atoms with Gasteiger partial charge in [-0.05, 0) is 6.07 Å². The maximum atomic E-state index is 12.1. The Morgan fingerprint density at radius 1 is 1.13 bits per heavy atom. The van der Waals surface area contributed by atoms with Crippen molar-refractivity contribution in [2.24, 2.45) is 0 Å². The normalized spacial score (nSPS) is 9.96. The van der Waals surface area contributed by atoms with Gasteiger partial charge in [-0.2, -0.15) is 0 Å². The van der Waals surface area contributed by atoms with Crippen LogP contribution in [0.4, 0.5) is 17.1 Å². The first-order chi connectivity index (χ1) is 10.9. The van der Waals surface area contributed by atoms with E-state index in [0.29, 0.717) is 11.6 Å². The molecule has 0 saturated carbocycles. The quantitative estimate of drug-likeness (QED) is 0.658. The minimum atomic E-state index is -0.807. The number of methoxy groups -OCH3 is 1. The van der Waals surface area contributed by atoms with Crippen molar-refractivity contribution >= 4 is 23.0 Å². The van der Waals surface area contributed by atoms with Crippen LogP contribution in [0.5, 0.6) is 5.88 Å². The van der Waals surface area contributed by atoms with E-state index < -0.39 is 27.1 Å². The Morgan fingerprint density at radius 3 is 2.17 bits per heavy atom. The average Bonchev–Trinajstić information content (AvgIpc) is 2.55. The van der Waals surface area contributed by atoms with Gasteiger partial charge in [0.05, 0.1) is 40.5 Å². The molecule has 0 aliphatic carbocycles. The highest BCUT2D eigenvalue weighted by atomic mass is 16.6. The molecular formula is C13H10N4O6. The number of nitro benzene ring substituents is 2. The van der Waals surface area contributed by atoms with Crippen LogP contribution in [-0.4, -0.2) is 27.8 Å². The molecule has 1 N–H and O–H groups in total. The fourth-order valence-electron chi connectivity index (χ4n) is 1.72. The van der Waals surface area contributed by atoms with Gasteiger partial charge in [0.25, 0.3) is 17.3 Å². The standard InChI is InChI=1S/C13H10N4O6/c1-23-12-3-2-9(7-14-12)15-13(18)8-4-10(16(19)20)6-11(5-8)17(21)22/h2-7H,1H3,(H,15,18). The van der Waals surface area contributed by atoms with Crippen LogP contribution >= 0.6 is 0 Å². The number of hydrogen-bond acceptors (Lipinski definition) is 7. The van der Waals surface area contributed by atoms with Crippen LogP contribution in [0, 0.1) is 20.2 Å². The molecule has 0 radical (unpaired) electrons. The zero-order valence-corrected chi connectivity index (χ0v) is 11.8. The number of anilines is 1. The predicted molar refractivity (Wildman–Crippen MR) is 78.5 cm³/mol. The SMILES string of the molecule is COc1ccc(NC(=O)c2cc([N+](=O)[O-])cc([N+](=O)[O-])c2)cn1. The summed E-state index contributed by atoms with van der Waals surface area (Å²) in [5.74, 6) is -0.391. The van der Waals surface area contributed by atoms with Crippen molar-refractivity contribution < 1.29 is 19.4 Å². The van der Waals surface area contributed by atoms with Crippen molar-refractivity contribution in [2.75, 3.05) is 12.4 Å². The fourth-order valence-corrected chi connectivity index (χ4v) is 1.72. The number of rotatable bonds is 5. The number of benzene rings is 1. The molecule has 0 aliphatic rings. The summed E-state index contributed by atoms with van der Waals surface area (Å²) in [7, 11) is 1.43. The molecule has 1 heterocycles. The van der Waals surface area contributed by atoms with Crippen LogP contribution in [0.15, 0.2) is 36.5 Å². The number of amides is 1. The third kappa shape index (κ3) is 3.75. The molecule has 0 atom stereocenters. The first-order valence-corrected chi connectivity index (χ1v) is 6.16. The Morgan fingerprint density at radius 2 is 1.74 bits per heavy atom. The Kier molecular flexibility index (Phi) is 4.45. The number of non-ortho nitro benzene ring substituents is 2. The van der Waals surface area contributed by atoms with Gasteiger partial charge in [-0.25, -0.2) is 4.98 Å². The maximum absolute atomic E-state index is 12.1. The summed E-state index contributed by atoms with van der Waals surface area (Å²) in [4.78, 5) is 36.0. The van der Waals surface area contributed by atoms with E-state index in [-0.39, 0.29) is 5.56 Å². The summed E-state index contributed by atoms with van der Waals surface area (Å²) in [6.45, 7) is 0. The smallest absolute Gasteiger partial charge is 0.277 e. The number of nitrogens with one attached hydrogen (secondary N) is 1. The molecule has 23 heavy (non-hydrogen) atoms. The van der Waals surface area contributed by atoms with Crippen molar-refractivity contribution in [1.29, 1.82) is 0 Å². The third-order valence-electron chi connectivity index (χ3n) is 2.79. The molecule has 10 heteroatoms. The Hall–Kier alpha value is -3.56. The first kappa shape index (κ1) is 15.8. The molecule has 1 aromatic heterocycles. The van der Waals surface area contributed by atoms with Crippen LogP contribution in [0.2, 0.25) is 0 Å². The number of carbonyl (C=O) groups excluding carboxylic acids is 1. The molecule has 2 aromatic rings. The van der Waals surface area contributed by atoms with Gasteiger partial charge in [-0.1, -0.05) is 0 Å². The van der Waals surface area contributed by atoms with Gasteiger partial charge < -0.3 is 10.1 Å². The number of hydrogen-bond donors (Lipinski definition) is 1.